The number of aliphatic imine (C=N–C) groups is 1. The Balaban J connectivity index is 1.82. The van der Waals surface area contributed by atoms with Gasteiger partial charge in [0.1, 0.15) is 5.60 Å². The molecule has 7 heteroatoms. The first-order chi connectivity index (χ1) is 15.2. The Morgan fingerprint density at radius 2 is 1.56 bits per heavy atom. The van der Waals surface area contributed by atoms with Crippen molar-refractivity contribution in [3.05, 3.63) is 70.8 Å². The van der Waals surface area contributed by atoms with Crippen molar-refractivity contribution in [1.82, 2.24) is 15.5 Å². The molecule has 2 N–H and O–H groups in total. The summed E-state index contributed by atoms with van der Waals surface area (Å²) in [7, 11) is 5.19. The lowest BCUT2D eigenvalue weighted by molar-refractivity contribution is 0.0285. The number of amides is 1. The highest BCUT2D eigenvalue weighted by molar-refractivity contribution is 5.79. The molecule has 0 saturated heterocycles. The van der Waals surface area contributed by atoms with E-state index in [1.807, 2.05) is 51.1 Å². The highest BCUT2D eigenvalue weighted by Gasteiger charge is 2.19. The van der Waals surface area contributed by atoms with Crippen molar-refractivity contribution >= 4 is 12.1 Å². The summed E-state index contributed by atoms with van der Waals surface area (Å²) in [6.45, 7) is 8.00. The molecule has 174 valence electrons. The summed E-state index contributed by atoms with van der Waals surface area (Å²) < 4.78 is 10.6. The van der Waals surface area contributed by atoms with Gasteiger partial charge in [-0.3, -0.25) is 4.99 Å². The normalized spacial score (nSPS) is 11.8. The van der Waals surface area contributed by atoms with Gasteiger partial charge >= 0.3 is 6.09 Å². The molecule has 0 bridgehead atoms. The van der Waals surface area contributed by atoms with Crippen LogP contribution in [0.3, 0.4) is 0 Å². The molecule has 7 nitrogen and oxygen atoms in total. The molecule has 0 saturated carbocycles. The number of guanidine groups is 1. The van der Waals surface area contributed by atoms with Gasteiger partial charge in [-0.2, -0.15) is 0 Å². The van der Waals surface area contributed by atoms with Crippen LogP contribution in [0.1, 0.15) is 43.0 Å². The average Bonchev–Trinajstić information content (AvgIpc) is 2.74. The van der Waals surface area contributed by atoms with Gasteiger partial charge in [0.05, 0.1) is 6.61 Å². The van der Waals surface area contributed by atoms with Crippen molar-refractivity contribution in [1.29, 1.82) is 0 Å². The van der Waals surface area contributed by atoms with Gasteiger partial charge in [0.15, 0.2) is 5.96 Å². The molecule has 2 rings (SSSR count). The summed E-state index contributed by atoms with van der Waals surface area (Å²) in [5, 5.41) is 6.66. The number of hydrogen-bond donors (Lipinski definition) is 2. The van der Waals surface area contributed by atoms with Crippen molar-refractivity contribution in [2.45, 2.75) is 52.6 Å². The lowest BCUT2D eigenvalue weighted by atomic mass is 10.1. The quantitative estimate of drug-likeness (QED) is 0.478. The maximum Gasteiger partial charge on any atom is 0.410 e. The summed E-state index contributed by atoms with van der Waals surface area (Å²) in [5.74, 6) is 0.732. The minimum Gasteiger partial charge on any atom is -0.444 e. The van der Waals surface area contributed by atoms with Gasteiger partial charge in [0.25, 0.3) is 0 Å². The number of rotatable bonds is 8. The zero-order chi connectivity index (χ0) is 23.6. The van der Waals surface area contributed by atoms with Crippen LogP contribution >= 0.6 is 0 Å². The van der Waals surface area contributed by atoms with E-state index in [9.17, 15) is 4.79 Å². The number of hydrogen-bond acceptors (Lipinski definition) is 4. The van der Waals surface area contributed by atoms with Crippen LogP contribution in [0, 0.1) is 0 Å². The molecular formula is C25H36N4O3. The molecule has 0 unspecified atom stereocenters. The fraction of sp³-hybridized carbons (Fsp3) is 0.440. The van der Waals surface area contributed by atoms with E-state index in [-0.39, 0.29) is 6.09 Å². The SMILES string of the molecule is CN=C(NCc1ccc(CN(C)C(=O)OC(C)(C)C)cc1)NCc1cccc(COC)c1. The van der Waals surface area contributed by atoms with Crippen molar-refractivity contribution in [2.24, 2.45) is 4.99 Å². The maximum absolute atomic E-state index is 12.1. The zero-order valence-electron chi connectivity index (χ0n) is 20.1. The molecule has 0 aliphatic heterocycles. The van der Waals surface area contributed by atoms with Gasteiger partial charge in [0.2, 0.25) is 0 Å². The molecule has 0 spiro atoms. The molecule has 2 aromatic carbocycles. The van der Waals surface area contributed by atoms with E-state index < -0.39 is 5.60 Å². The number of nitrogens with one attached hydrogen (secondary N) is 2. The van der Waals surface area contributed by atoms with Crippen LogP contribution in [-0.2, 0) is 35.7 Å². The van der Waals surface area contributed by atoms with Crippen LogP contribution in [0.5, 0.6) is 0 Å². The van der Waals surface area contributed by atoms with Crippen LogP contribution in [0.4, 0.5) is 4.79 Å². The fourth-order valence-electron chi connectivity index (χ4n) is 3.03. The minimum absolute atomic E-state index is 0.328. The summed E-state index contributed by atoms with van der Waals surface area (Å²) in [6, 6.07) is 16.4. The molecule has 0 aliphatic rings. The number of methoxy groups -OCH3 is 1. The van der Waals surface area contributed by atoms with Crippen LogP contribution in [0.25, 0.3) is 0 Å². The molecule has 0 radical (unpaired) electrons. The van der Waals surface area contributed by atoms with Crippen LogP contribution in [0.2, 0.25) is 0 Å². The Morgan fingerprint density at radius 1 is 0.969 bits per heavy atom. The number of carbonyl (C=O) groups excluding carboxylic acids is 1. The number of nitrogens with zero attached hydrogens (tertiary/aromatic N) is 2. The van der Waals surface area contributed by atoms with Crippen molar-refractivity contribution < 1.29 is 14.3 Å². The van der Waals surface area contributed by atoms with Gasteiger partial charge in [0, 0.05) is 40.8 Å². The second-order valence-electron chi connectivity index (χ2n) is 8.69. The topological polar surface area (TPSA) is 75.2 Å². The largest absolute Gasteiger partial charge is 0.444 e. The van der Waals surface area contributed by atoms with Gasteiger partial charge < -0.3 is 25.0 Å². The van der Waals surface area contributed by atoms with E-state index in [2.05, 4.69) is 33.8 Å². The first kappa shape index (κ1) is 25.2. The monoisotopic (exact) mass is 440 g/mol. The molecule has 0 fully saturated rings. The van der Waals surface area contributed by atoms with Crippen molar-refractivity contribution in [3.8, 4) is 0 Å². The highest BCUT2D eigenvalue weighted by atomic mass is 16.6. The first-order valence-corrected chi connectivity index (χ1v) is 10.7. The van der Waals surface area contributed by atoms with Crippen LogP contribution in [0.15, 0.2) is 53.5 Å². The second-order valence-corrected chi connectivity index (χ2v) is 8.69. The molecule has 0 atom stereocenters. The predicted octanol–water partition coefficient (Wildman–Crippen LogP) is 4.07. The third kappa shape index (κ3) is 8.98. The summed E-state index contributed by atoms with van der Waals surface area (Å²) >= 11 is 0. The van der Waals surface area contributed by atoms with E-state index in [0.29, 0.717) is 26.2 Å². The third-order valence-electron chi connectivity index (χ3n) is 4.59. The zero-order valence-corrected chi connectivity index (χ0v) is 20.1. The van der Waals surface area contributed by atoms with Gasteiger partial charge in [-0.1, -0.05) is 48.5 Å². The lowest BCUT2D eigenvalue weighted by Gasteiger charge is -2.24. The number of carbonyl (C=O) groups is 1. The number of benzene rings is 2. The molecule has 0 heterocycles. The molecule has 0 aromatic heterocycles. The Kier molecular flexibility index (Phi) is 9.53. The highest BCUT2D eigenvalue weighted by Crippen LogP contribution is 2.12. The maximum atomic E-state index is 12.1. The minimum atomic E-state index is -0.500. The van der Waals surface area contributed by atoms with Gasteiger partial charge in [-0.15, -0.1) is 0 Å². The Morgan fingerprint density at radius 3 is 2.16 bits per heavy atom. The molecule has 2 aromatic rings. The number of ether oxygens (including phenoxy) is 2. The standard InChI is InChI=1S/C25H36N4O3/c1-25(2,3)32-24(30)29(5)17-20-12-10-19(11-13-20)15-27-23(26-4)28-16-21-8-7-9-22(14-21)18-31-6/h7-14H,15-18H2,1-6H3,(H2,26,27,28). The van der Waals surface area contributed by atoms with E-state index >= 15 is 0 Å². The summed E-state index contributed by atoms with van der Waals surface area (Å²) in [4.78, 5) is 18.0. The van der Waals surface area contributed by atoms with E-state index in [4.69, 9.17) is 9.47 Å². The third-order valence-corrected chi connectivity index (χ3v) is 4.59. The molecule has 0 aliphatic carbocycles. The van der Waals surface area contributed by atoms with E-state index in [1.165, 1.54) is 5.56 Å². The second kappa shape index (κ2) is 12.1. The van der Waals surface area contributed by atoms with Crippen molar-refractivity contribution in [2.75, 3.05) is 21.2 Å². The molecule has 32 heavy (non-hydrogen) atoms. The summed E-state index contributed by atoms with van der Waals surface area (Å²) in [5.41, 5.74) is 3.98. The Labute approximate surface area is 191 Å². The van der Waals surface area contributed by atoms with E-state index in [1.54, 1.807) is 26.1 Å². The fourth-order valence-corrected chi connectivity index (χ4v) is 3.03. The predicted molar refractivity (Wildman–Crippen MR) is 128 cm³/mol. The van der Waals surface area contributed by atoms with Crippen LogP contribution in [-0.4, -0.2) is 43.8 Å². The first-order valence-electron chi connectivity index (χ1n) is 10.7. The Bertz CT molecular complexity index is 889. The average molecular weight is 441 g/mol. The molecule has 1 amide bonds. The Hall–Kier alpha value is -3.06. The summed E-state index contributed by atoms with van der Waals surface area (Å²) in [6.07, 6.45) is -0.328. The van der Waals surface area contributed by atoms with Crippen LogP contribution < -0.4 is 10.6 Å². The van der Waals surface area contributed by atoms with Gasteiger partial charge in [-0.05, 0) is 43.0 Å². The van der Waals surface area contributed by atoms with Crippen molar-refractivity contribution in [3.63, 3.8) is 0 Å². The van der Waals surface area contributed by atoms with E-state index in [0.717, 1.165) is 22.6 Å². The molecular weight excluding hydrogens is 404 g/mol. The smallest absolute Gasteiger partial charge is 0.410 e. The van der Waals surface area contributed by atoms with Gasteiger partial charge in [-0.25, -0.2) is 4.79 Å². The lowest BCUT2D eigenvalue weighted by Crippen LogP contribution is -2.36.